The average molecular weight is 417 g/mol. The van der Waals surface area contributed by atoms with Crippen molar-refractivity contribution in [3.05, 3.63) is 83.0 Å². The second-order valence-corrected chi connectivity index (χ2v) is 6.47. The Labute approximate surface area is 177 Å². The number of benzene rings is 2. The maximum absolute atomic E-state index is 12.7. The van der Waals surface area contributed by atoms with Crippen LogP contribution in [0.3, 0.4) is 0 Å². The first kappa shape index (κ1) is 19.9. The van der Waals surface area contributed by atoms with Gasteiger partial charge in [0.25, 0.3) is 11.5 Å². The average Bonchev–Trinajstić information content (AvgIpc) is 3.25. The molecular weight excluding hydrogens is 398 g/mol. The summed E-state index contributed by atoms with van der Waals surface area (Å²) >= 11 is 0. The highest BCUT2D eigenvalue weighted by Crippen LogP contribution is 2.27. The van der Waals surface area contributed by atoms with E-state index in [1.54, 1.807) is 36.1 Å². The smallest absolute Gasteiger partial charge is 0.283 e. The summed E-state index contributed by atoms with van der Waals surface area (Å²) in [7, 11) is 3.08. The van der Waals surface area contributed by atoms with Gasteiger partial charge in [-0.1, -0.05) is 24.3 Å². The van der Waals surface area contributed by atoms with Crippen molar-refractivity contribution < 1.29 is 14.3 Å². The first-order chi connectivity index (χ1) is 15.1. The molecule has 4 aromatic rings. The fourth-order valence-electron chi connectivity index (χ4n) is 3.03. The topological polar surface area (TPSA) is 100 Å². The second-order valence-electron chi connectivity index (χ2n) is 6.47. The van der Waals surface area contributed by atoms with Crippen molar-refractivity contribution in [2.24, 2.45) is 0 Å². The number of carbonyl (C=O) groups is 1. The maximum Gasteiger partial charge on any atom is 0.283 e. The summed E-state index contributed by atoms with van der Waals surface area (Å²) in [4.78, 5) is 29.3. The van der Waals surface area contributed by atoms with E-state index in [0.29, 0.717) is 17.1 Å². The molecule has 0 saturated carbocycles. The van der Waals surface area contributed by atoms with Crippen LogP contribution < -0.4 is 20.5 Å². The molecule has 156 valence electrons. The molecule has 4 rings (SSSR count). The number of aromatic nitrogens is 4. The normalized spacial score (nSPS) is 11.0. The number of para-hydroxylation sites is 1. The van der Waals surface area contributed by atoms with Gasteiger partial charge in [0.15, 0.2) is 17.1 Å². The molecule has 9 nitrogen and oxygen atoms in total. The first-order valence-corrected chi connectivity index (χ1v) is 9.32. The van der Waals surface area contributed by atoms with Gasteiger partial charge >= 0.3 is 0 Å². The lowest BCUT2D eigenvalue weighted by Gasteiger charge is -2.08. The molecule has 0 spiro atoms. The van der Waals surface area contributed by atoms with Crippen LogP contribution in [0.5, 0.6) is 11.5 Å². The molecule has 1 N–H and O–H groups in total. The number of rotatable bonds is 6. The van der Waals surface area contributed by atoms with Gasteiger partial charge in [-0.3, -0.25) is 15.0 Å². The third-order valence-corrected chi connectivity index (χ3v) is 4.55. The number of hydrogen-bond donors (Lipinski definition) is 1. The molecule has 0 aliphatic rings. The highest BCUT2D eigenvalue weighted by molar-refractivity contribution is 5.97. The molecule has 2 aromatic carbocycles. The molecule has 0 unspecified atom stereocenters. The van der Waals surface area contributed by atoms with E-state index in [2.05, 4.69) is 15.5 Å². The monoisotopic (exact) mass is 417 g/mol. The lowest BCUT2D eigenvalue weighted by atomic mass is 10.2. The van der Waals surface area contributed by atoms with Gasteiger partial charge in [-0.2, -0.15) is 5.10 Å². The standard InChI is InChI=1S/C22H19N5O4/c1-30-18-10-8-15(12-19(18)31-2)9-11-20(28)25-26-14-23-21-17(22(26)29)13-24-27(21)16-6-4-3-5-7-16/h3-14H,1-2H3,(H,25,28)/b11-9+. The van der Waals surface area contributed by atoms with Gasteiger partial charge in [0.1, 0.15) is 11.7 Å². The summed E-state index contributed by atoms with van der Waals surface area (Å²) < 4.78 is 13.0. The number of hydrogen-bond acceptors (Lipinski definition) is 6. The minimum atomic E-state index is -0.492. The molecule has 0 aliphatic heterocycles. The van der Waals surface area contributed by atoms with Crippen molar-refractivity contribution >= 4 is 23.0 Å². The summed E-state index contributed by atoms with van der Waals surface area (Å²) in [6.45, 7) is 0. The van der Waals surface area contributed by atoms with E-state index < -0.39 is 11.5 Å². The zero-order chi connectivity index (χ0) is 21.8. The Kier molecular flexibility index (Phi) is 5.48. The lowest BCUT2D eigenvalue weighted by Crippen LogP contribution is -2.32. The second kappa shape index (κ2) is 8.54. The summed E-state index contributed by atoms with van der Waals surface area (Å²) in [5.41, 5.74) is 3.99. The van der Waals surface area contributed by atoms with Crippen molar-refractivity contribution in [1.29, 1.82) is 0 Å². The zero-order valence-corrected chi connectivity index (χ0v) is 16.9. The Bertz CT molecular complexity index is 1320. The van der Waals surface area contributed by atoms with E-state index in [-0.39, 0.29) is 5.39 Å². The van der Waals surface area contributed by atoms with E-state index in [4.69, 9.17) is 9.47 Å². The van der Waals surface area contributed by atoms with Gasteiger partial charge in [0, 0.05) is 6.08 Å². The van der Waals surface area contributed by atoms with Gasteiger partial charge < -0.3 is 9.47 Å². The van der Waals surface area contributed by atoms with Crippen LogP contribution in [0.15, 0.2) is 71.9 Å². The van der Waals surface area contributed by atoms with Crippen LogP contribution in [0, 0.1) is 0 Å². The molecule has 0 radical (unpaired) electrons. The Hall–Kier alpha value is -4.40. The summed E-state index contributed by atoms with van der Waals surface area (Å²) in [6.07, 6.45) is 5.60. The van der Waals surface area contributed by atoms with Gasteiger partial charge in [0.05, 0.1) is 26.1 Å². The van der Waals surface area contributed by atoms with Crippen molar-refractivity contribution in [1.82, 2.24) is 19.4 Å². The van der Waals surface area contributed by atoms with Crippen LogP contribution in [0.25, 0.3) is 22.8 Å². The molecule has 2 heterocycles. The number of nitrogens with one attached hydrogen (secondary N) is 1. The lowest BCUT2D eigenvalue weighted by molar-refractivity contribution is -0.112. The molecule has 0 atom stereocenters. The largest absolute Gasteiger partial charge is 0.493 e. The van der Waals surface area contributed by atoms with Crippen LogP contribution in [0.4, 0.5) is 0 Å². The van der Waals surface area contributed by atoms with Gasteiger partial charge in [-0.05, 0) is 35.9 Å². The number of fused-ring (bicyclic) bond motifs is 1. The van der Waals surface area contributed by atoms with Crippen LogP contribution >= 0.6 is 0 Å². The number of methoxy groups -OCH3 is 2. The molecule has 0 saturated heterocycles. The van der Waals surface area contributed by atoms with Crippen molar-refractivity contribution in [2.45, 2.75) is 0 Å². The quantitative estimate of drug-likeness (QED) is 0.484. The molecule has 9 heteroatoms. The Balaban J connectivity index is 1.55. The molecule has 2 aromatic heterocycles. The van der Waals surface area contributed by atoms with Gasteiger partial charge in [-0.25, -0.2) is 14.3 Å². The van der Waals surface area contributed by atoms with Crippen LogP contribution in [-0.2, 0) is 4.79 Å². The number of carbonyl (C=O) groups excluding carboxylic acids is 1. The Morgan fingerprint density at radius 1 is 1.06 bits per heavy atom. The molecule has 0 bridgehead atoms. The maximum atomic E-state index is 12.7. The van der Waals surface area contributed by atoms with Crippen molar-refractivity contribution in [3.63, 3.8) is 0 Å². The van der Waals surface area contributed by atoms with E-state index >= 15 is 0 Å². The van der Waals surface area contributed by atoms with E-state index in [0.717, 1.165) is 15.9 Å². The third-order valence-electron chi connectivity index (χ3n) is 4.55. The van der Waals surface area contributed by atoms with E-state index in [9.17, 15) is 9.59 Å². The van der Waals surface area contributed by atoms with Gasteiger partial charge in [0.2, 0.25) is 0 Å². The van der Waals surface area contributed by atoms with Gasteiger partial charge in [-0.15, -0.1) is 0 Å². The van der Waals surface area contributed by atoms with Crippen LogP contribution in [0.1, 0.15) is 5.56 Å². The van der Waals surface area contributed by atoms with E-state index in [1.807, 2.05) is 30.3 Å². The van der Waals surface area contributed by atoms with Crippen molar-refractivity contribution in [2.75, 3.05) is 19.6 Å². The Morgan fingerprint density at radius 2 is 1.84 bits per heavy atom. The Morgan fingerprint density at radius 3 is 2.58 bits per heavy atom. The van der Waals surface area contributed by atoms with E-state index in [1.165, 1.54) is 25.7 Å². The molecule has 1 amide bonds. The molecule has 31 heavy (non-hydrogen) atoms. The third kappa shape index (κ3) is 4.01. The number of nitrogens with zero attached hydrogens (tertiary/aromatic N) is 4. The highest BCUT2D eigenvalue weighted by atomic mass is 16.5. The number of ether oxygens (including phenoxy) is 2. The minimum Gasteiger partial charge on any atom is -0.493 e. The summed E-state index contributed by atoms with van der Waals surface area (Å²) in [5.74, 6) is 0.644. The SMILES string of the molecule is COc1ccc(/C=C/C(=O)Nn2cnc3c(cnn3-c3ccccc3)c2=O)cc1OC. The van der Waals surface area contributed by atoms with Crippen LogP contribution in [0.2, 0.25) is 0 Å². The predicted molar refractivity (Wildman–Crippen MR) is 116 cm³/mol. The summed E-state index contributed by atoms with van der Waals surface area (Å²) in [5, 5.41) is 4.53. The zero-order valence-electron chi connectivity index (χ0n) is 16.9. The fourth-order valence-corrected chi connectivity index (χ4v) is 3.03. The van der Waals surface area contributed by atoms with Crippen LogP contribution in [-0.4, -0.2) is 39.6 Å². The predicted octanol–water partition coefficient (Wildman–Crippen LogP) is 2.38. The fraction of sp³-hybridized carbons (Fsp3) is 0.0909. The first-order valence-electron chi connectivity index (χ1n) is 9.32. The molecular formula is C22H19N5O4. The summed E-state index contributed by atoms with van der Waals surface area (Å²) in [6, 6.07) is 14.6. The number of amides is 1. The molecule has 0 aliphatic carbocycles. The molecule has 0 fully saturated rings. The van der Waals surface area contributed by atoms with Crippen molar-refractivity contribution in [3.8, 4) is 17.2 Å². The minimum absolute atomic E-state index is 0.288. The highest BCUT2D eigenvalue weighted by Gasteiger charge is 2.12.